The average Bonchev–Trinajstić information content (AvgIpc) is 3.43. The molecule has 168 valence electrons. The highest BCUT2D eigenvalue weighted by Crippen LogP contribution is 2.36. The molecule has 0 bridgehead atoms. The predicted molar refractivity (Wildman–Crippen MR) is 130 cm³/mol. The molecule has 0 radical (unpaired) electrons. The number of hydrogen-bond donors (Lipinski definition) is 2. The molecule has 2 aromatic carbocycles. The number of aryl methyl sites for hydroxylation is 1. The third kappa shape index (κ3) is 4.42. The molecule has 3 N–H and O–H groups in total. The molecular weight excluding hydrogens is 434 g/mol. The number of hydrogen-bond acceptors (Lipinski definition) is 6. The van der Waals surface area contributed by atoms with Crippen LogP contribution in [0.1, 0.15) is 39.5 Å². The second-order valence-corrected chi connectivity index (χ2v) is 9.01. The van der Waals surface area contributed by atoms with Gasteiger partial charge in [0.05, 0.1) is 12.7 Å². The Labute approximate surface area is 196 Å². The largest absolute Gasteiger partial charge is 0.496 e. The van der Waals surface area contributed by atoms with Gasteiger partial charge < -0.3 is 20.5 Å². The van der Waals surface area contributed by atoms with Gasteiger partial charge in [0.1, 0.15) is 11.5 Å². The van der Waals surface area contributed by atoms with Crippen LogP contribution in [0.4, 0.5) is 0 Å². The molecule has 5 rings (SSSR count). The summed E-state index contributed by atoms with van der Waals surface area (Å²) in [6, 6.07) is 16.0. The van der Waals surface area contributed by atoms with Crippen molar-refractivity contribution >= 4 is 27.3 Å². The van der Waals surface area contributed by atoms with Crippen LogP contribution in [0.25, 0.3) is 10.1 Å². The van der Waals surface area contributed by atoms with E-state index in [1.54, 1.807) is 30.6 Å². The lowest BCUT2D eigenvalue weighted by atomic mass is 10.1. The topological polar surface area (TPSA) is 86.5 Å². The van der Waals surface area contributed by atoms with Gasteiger partial charge in [-0.2, -0.15) is 0 Å². The third-order valence-corrected chi connectivity index (χ3v) is 7.07. The van der Waals surface area contributed by atoms with Crippen LogP contribution in [0.5, 0.6) is 17.4 Å². The number of primary amides is 1. The van der Waals surface area contributed by atoms with Gasteiger partial charge in [0.2, 0.25) is 11.8 Å². The van der Waals surface area contributed by atoms with Gasteiger partial charge in [-0.25, -0.2) is 4.98 Å². The number of carbonyl (C=O) groups excluding carboxylic acids is 1. The number of nitrogens with one attached hydrogen (secondary N) is 1. The zero-order chi connectivity index (χ0) is 22.8. The van der Waals surface area contributed by atoms with E-state index in [-0.39, 0.29) is 0 Å². The standard InChI is InChI=1S/C26H25N3O3S/c1-31-22-3-2-4-23-25(22)18(15-33-23)11-12-28-21-9-5-16-13-19(7-8-20(16)21)32-24-10-6-17(14-29-24)26(27)30/h2-4,6-8,10,13-15,21,28H,5,9,11-12H2,1H3,(H2,27,30). The van der Waals surface area contributed by atoms with Crippen LogP contribution in [0.15, 0.2) is 60.1 Å². The second kappa shape index (κ2) is 9.21. The molecule has 1 amide bonds. The van der Waals surface area contributed by atoms with E-state index in [0.29, 0.717) is 17.5 Å². The lowest BCUT2D eigenvalue weighted by molar-refractivity contribution is 0.1000. The molecule has 0 saturated carbocycles. The first-order valence-electron chi connectivity index (χ1n) is 11.0. The van der Waals surface area contributed by atoms with Crippen LogP contribution in [0.3, 0.4) is 0 Å². The molecular formula is C26H25N3O3S. The maximum atomic E-state index is 11.2. The molecule has 6 nitrogen and oxygen atoms in total. The minimum atomic E-state index is -0.503. The normalized spacial score (nSPS) is 14.9. The number of thiophene rings is 1. The number of amides is 1. The molecule has 33 heavy (non-hydrogen) atoms. The van der Waals surface area contributed by atoms with E-state index in [9.17, 15) is 4.79 Å². The minimum Gasteiger partial charge on any atom is -0.496 e. The summed E-state index contributed by atoms with van der Waals surface area (Å²) in [7, 11) is 1.73. The van der Waals surface area contributed by atoms with Crippen LogP contribution in [-0.4, -0.2) is 24.5 Å². The number of nitrogens with two attached hydrogens (primary N) is 1. The van der Waals surface area contributed by atoms with Crippen LogP contribution < -0.4 is 20.5 Å². The lowest BCUT2D eigenvalue weighted by Crippen LogP contribution is -2.21. The highest BCUT2D eigenvalue weighted by atomic mass is 32.1. The van der Waals surface area contributed by atoms with Crippen molar-refractivity contribution in [1.29, 1.82) is 0 Å². The Morgan fingerprint density at radius 3 is 2.94 bits per heavy atom. The van der Waals surface area contributed by atoms with Gasteiger partial charge in [0.15, 0.2) is 0 Å². The van der Waals surface area contributed by atoms with E-state index in [1.165, 1.54) is 33.0 Å². The van der Waals surface area contributed by atoms with Gasteiger partial charge in [-0.15, -0.1) is 11.3 Å². The van der Waals surface area contributed by atoms with Crippen molar-refractivity contribution in [1.82, 2.24) is 10.3 Å². The Hall–Kier alpha value is -3.42. The maximum absolute atomic E-state index is 11.2. The quantitative estimate of drug-likeness (QED) is 0.387. The second-order valence-electron chi connectivity index (χ2n) is 8.10. The number of rotatable bonds is 8. The highest BCUT2D eigenvalue weighted by Gasteiger charge is 2.22. The number of nitrogens with zero attached hydrogens (tertiary/aromatic N) is 1. The van der Waals surface area contributed by atoms with Crippen molar-refractivity contribution in [3.05, 3.63) is 82.4 Å². The number of carbonyl (C=O) groups is 1. The van der Waals surface area contributed by atoms with E-state index >= 15 is 0 Å². The van der Waals surface area contributed by atoms with E-state index in [2.05, 4.69) is 33.9 Å². The number of aromatic nitrogens is 1. The Kier molecular flexibility index (Phi) is 5.98. The Morgan fingerprint density at radius 1 is 1.24 bits per heavy atom. The Bertz CT molecular complexity index is 1300. The number of methoxy groups -OCH3 is 1. The third-order valence-electron chi connectivity index (χ3n) is 6.08. The molecule has 1 aliphatic carbocycles. The fourth-order valence-electron chi connectivity index (χ4n) is 4.43. The number of benzene rings is 2. The summed E-state index contributed by atoms with van der Waals surface area (Å²) >= 11 is 1.77. The van der Waals surface area contributed by atoms with Crippen molar-refractivity contribution in [2.75, 3.05) is 13.7 Å². The molecule has 2 aromatic heterocycles. The van der Waals surface area contributed by atoms with Crippen molar-refractivity contribution in [3.63, 3.8) is 0 Å². The van der Waals surface area contributed by atoms with E-state index in [1.807, 2.05) is 18.2 Å². The summed E-state index contributed by atoms with van der Waals surface area (Å²) in [5.41, 5.74) is 9.57. The first kappa shape index (κ1) is 21.4. The van der Waals surface area contributed by atoms with Gasteiger partial charge in [-0.1, -0.05) is 12.1 Å². The minimum absolute atomic E-state index is 0.342. The molecule has 2 heterocycles. The zero-order valence-corrected chi connectivity index (χ0v) is 19.2. The average molecular weight is 460 g/mol. The first-order chi connectivity index (χ1) is 16.1. The Balaban J connectivity index is 1.22. The maximum Gasteiger partial charge on any atom is 0.250 e. The molecule has 0 spiro atoms. The van der Waals surface area contributed by atoms with E-state index in [4.69, 9.17) is 15.2 Å². The highest BCUT2D eigenvalue weighted by molar-refractivity contribution is 7.17. The number of ether oxygens (including phenoxy) is 2. The van der Waals surface area contributed by atoms with Crippen molar-refractivity contribution in [3.8, 4) is 17.4 Å². The number of fused-ring (bicyclic) bond motifs is 2. The van der Waals surface area contributed by atoms with Gasteiger partial charge >= 0.3 is 0 Å². The fourth-order valence-corrected chi connectivity index (χ4v) is 5.44. The zero-order valence-electron chi connectivity index (χ0n) is 18.3. The summed E-state index contributed by atoms with van der Waals surface area (Å²) in [6.07, 6.45) is 4.46. The summed E-state index contributed by atoms with van der Waals surface area (Å²) in [4.78, 5) is 15.3. The van der Waals surface area contributed by atoms with E-state index < -0.39 is 5.91 Å². The van der Waals surface area contributed by atoms with Crippen LogP contribution in [0.2, 0.25) is 0 Å². The molecule has 0 aliphatic heterocycles. The lowest BCUT2D eigenvalue weighted by Gasteiger charge is -2.15. The summed E-state index contributed by atoms with van der Waals surface area (Å²) < 4.78 is 12.7. The van der Waals surface area contributed by atoms with Crippen molar-refractivity contribution in [2.45, 2.75) is 25.3 Å². The van der Waals surface area contributed by atoms with E-state index in [0.717, 1.165) is 37.3 Å². The molecule has 1 aliphatic rings. The molecule has 4 aromatic rings. The summed E-state index contributed by atoms with van der Waals surface area (Å²) in [6.45, 7) is 0.905. The Morgan fingerprint density at radius 2 is 2.15 bits per heavy atom. The van der Waals surface area contributed by atoms with Crippen molar-refractivity contribution < 1.29 is 14.3 Å². The summed E-state index contributed by atoms with van der Waals surface area (Å²) in [5, 5.41) is 7.21. The molecule has 0 fully saturated rings. The SMILES string of the molecule is COc1cccc2scc(CCNC3CCc4cc(Oc5ccc(C(N)=O)cn5)ccc43)c12. The number of pyridine rings is 1. The van der Waals surface area contributed by atoms with Gasteiger partial charge in [0.25, 0.3) is 0 Å². The van der Waals surface area contributed by atoms with Crippen LogP contribution in [-0.2, 0) is 12.8 Å². The van der Waals surface area contributed by atoms with Gasteiger partial charge in [-0.3, -0.25) is 4.79 Å². The van der Waals surface area contributed by atoms with Crippen molar-refractivity contribution in [2.24, 2.45) is 5.73 Å². The monoisotopic (exact) mass is 459 g/mol. The van der Waals surface area contributed by atoms with Gasteiger partial charge in [-0.05, 0) is 78.2 Å². The molecule has 1 atom stereocenters. The predicted octanol–water partition coefficient (Wildman–Crippen LogP) is 5.02. The molecule has 1 unspecified atom stereocenters. The van der Waals surface area contributed by atoms with Crippen LogP contribution >= 0.6 is 11.3 Å². The smallest absolute Gasteiger partial charge is 0.250 e. The fraction of sp³-hybridized carbons (Fsp3) is 0.231. The van der Waals surface area contributed by atoms with Crippen LogP contribution in [0, 0.1) is 0 Å². The summed E-state index contributed by atoms with van der Waals surface area (Å²) in [5.74, 6) is 1.62. The van der Waals surface area contributed by atoms with Gasteiger partial charge in [0, 0.05) is 28.4 Å². The molecule has 0 saturated heterocycles. The molecule has 7 heteroatoms. The first-order valence-corrected chi connectivity index (χ1v) is 11.8.